The molecular weight excluding hydrogens is 258 g/mol. The van der Waals surface area contributed by atoms with Crippen molar-refractivity contribution in [2.24, 2.45) is 0 Å². The Labute approximate surface area is 115 Å². The molecule has 0 unspecified atom stereocenters. The van der Waals surface area contributed by atoms with E-state index in [9.17, 15) is 4.79 Å². The zero-order valence-corrected chi connectivity index (χ0v) is 11.1. The van der Waals surface area contributed by atoms with Gasteiger partial charge < -0.3 is 4.74 Å². The molecule has 0 saturated carbocycles. The second kappa shape index (κ2) is 6.07. The zero-order chi connectivity index (χ0) is 13.7. The van der Waals surface area contributed by atoms with Crippen molar-refractivity contribution in [1.82, 2.24) is 0 Å². The molecule has 3 nitrogen and oxygen atoms in total. The number of nitriles is 1. The van der Waals surface area contributed by atoms with Crippen LogP contribution in [0, 0.1) is 11.3 Å². The SMILES string of the molecule is COc1cccc(Sc2ccc(C=O)cc2C#N)c1. The van der Waals surface area contributed by atoms with Crippen molar-refractivity contribution in [2.75, 3.05) is 7.11 Å². The lowest BCUT2D eigenvalue weighted by atomic mass is 10.1. The fraction of sp³-hybridized carbons (Fsp3) is 0.0667. The van der Waals surface area contributed by atoms with Crippen LogP contribution in [0.3, 0.4) is 0 Å². The highest BCUT2D eigenvalue weighted by Crippen LogP contribution is 2.32. The first-order valence-electron chi connectivity index (χ1n) is 5.58. The van der Waals surface area contributed by atoms with Gasteiger partial charge in [0.25, 0.3) is 0 Å². The Morgan fingerprint density at radius 2 is 2.11 bits per heavy atom. The van der Waals surface area contributed by atoms with Crippen LogP contribution in [-0.2, 0) is 0 Å². The molecule has 0 saturated heterocycles. The fourth-order valence-corrected chi connectivity index (χ4v) is 2.52. The highest BCUT2D eigenvalue weighted by atomic mass is 32.2. The molecule has 0 aliphatic rings. The van der Waals surface area contributed by atoms with E-state index in [1.807, 2.05) is 24.3 Å². The summed E-state index contributed by atoms with van der Waals surface area (Å²) in [5.74, 6) is 0.771. The number of aldehydes is 1. The lowest BCUT2D eigenvalue weighted by Crippen LogP contribution is -1.87. The molecule has 0 atom stereocenters. The maximum atomic E-state index is 10.7. The average molecular weight is 269 g/mol. The number of carbonyl (C=O) groups is 1. The van der Waals surface area contributed by atoms with E-state index in [0.717, 1.165) is 21.8 Å². The maximum absolute atomic E-state index is 10.7. The van der Waals surface area contributed by atoms with Gasteiger partial charge in [-0.15, -0.1) is 0 Å². The summed E-state index contributed by atoms with van der Waals surface area (Å²) in [5.41, 5.74) is 1.00. The fourth-order valence-electron chi connectivity index (χ4n) is 1.59. The van der Waals surface area contributed by atoms with E-state index in [-0.39, 0.29) is 0 Å². The number of hydrogen-bond acceptors (Lipinski definition) is 4. The Hall–Kier alpha value is -2.25. The summed E-state index contributed by atoms with van der Waals surface area (Å²) in [7, 11) is 1.61. The van der Waals surface area contributed by atoms with Gasteiger partial charge in [0.2, 0.25) is 0 Å². The molecule has 2 rings (SSSR count). The van der Waals surface area contributed by atoms with Gasteiger partial charge in [-0.05, 0) is 30.3 Å². The molecular formula is C15H11NO2S. The van der Waals surface area contributed by atoms with E-state index in [0.29, 0.717) is 11.1 Å². The summed E-state index contributed by atoms with van der Waals surface area (Å²) >= 11 is 1.47. The third-order valence-corrected chi connectivity index (χ3v) is 3.59. The molecule has 0 heterocycles. The lowest BCUT2D eigenvalue weighted by molar-refractivity contribution is 0.112. The van der Waals surface area contributed by atoms with Gasteiger partial charge in [0.15, 0.2) is 0 Å². The van der Waals surface area contributed by atoms with Gasteiger partial charge in [0.1, 0.15) is 18.1 Å². The first kappa shape index (κ1) is 13.2. The van der Waals surface area contributed by atoms with Crippen LogP contribution in [0.15, 0.2) is 52.3 Å². The number of rotatable bonds is 4. The number of methoxy groups -OCH3 is 1. The molecule has 0 radical (unpaired) electrons. The third kappa shape index (κ3) is 3.15. The standard InChI is InChI=1S/C15H11NO2S/c1-18-13-3-2-4-14(8-13)19-15-6-5-11(10-17)7-12(15)9-16/h2-8,10H,1H3. The van der Waals surface area contributed by atoms with E-state index in [2.05, 4.69) is 6.07 Å². The Bertz CT molecular complexity index is 647. The van der Waals surface area contributed by atoms with E-state index < -0.39 is 0 Å². The van der Waals surface area contributed by atoms with Crippen LogP contribution in [0.2, 0.25) is 0 Å². The van der Waals surface area contributed by atoms with Crippen LogP contribution in [-0.4, -0.2) is 13.4 Å². The third-order valence-electron chi connectivity index (χ3n) is 2.53. The minimum Gasteiger partial charge on any atom is -0.497 e. The van der Waals surface area contributed by atoms with E-state index in [4.69, 9.17) is 10.00 Å². The molecule has 0 spiro atoms. The molecule has 0 aromatic heterocycles. The summed E-state index contributed by atoms with van der Waals surface area (Å²) in [6.07, 6.45) is 0.737. The van der Waals surface area contributed by atoms with Crippen LogP contribution >= 0.6 is 11.8 Å². The molecule has 19 heavy (non-hydrogen) atoms. The normalized spacial score (nSPS) is 9.68. The van der Waals surface area contributed by atoms with Gasteiger partial charge in [-0.1, -0.05) is 23.9 Å². The van der Waals surface area contributed by atoms with Gasteiger partial charge in [0.05, 0.1) is 12.7 Å². The predicted octanol–water partition coefficient (Wildman–Crippen LogP) is 3.53. The van der Waals surface area contributed by atoms with Crippen molar-refractivity contribution in [2.45, 2.75) is 9.79 Å². The van der Waals surface area contributed by atoms with Crippen LogP contribution in [0.1, 0.15) is 15.9 Å². The van der Waals surface area contributed by atoms with E-state index >= 15 is 0 Å². The Morgan fingerprint density at radius 3 is 2.79 bits per heavy atom. The molecule has 0 fully saturated rings. The van der Waals surface area contributed by atoms with Gasteiger partial charge in [0, 0.05) is 15.4 Å². The Kier molecular flexibility index (Phi) is 4.22. The summed E-state index contributed by atoms with van der Waals surface area (Å²) in [6, 6.07) is 14.8. The Balaban J connectivity index is 2.32. The van der Waals surface area contributed by atoms with Crippen molar-refractivity contribution in [3.8, 4) is 11.8 Å². The highest BCUT2D eigenvalue weighted by molar-refractivity contribution is 7.99. The minimum absolute atomic E-state index is 0.498. The van der Waals surface area contributed by atoms with Crippen molar-refractivity contribution in [1.29, 1.82) is 5.26 Å². The van der Waals surface area contributed by atoms with E-state index in [1.54, 1.807) is 25.3 Å². The first-order valence-corrected chi connectivity index (χ1v) is 6.39. The molecule has 0 aliphatic heterocycles. The molecule has 0 amide bonds. The van der Waals surface area contributed by atoms with Gasteiger partial charge in [-0.25, -0.2) is 0 Å². The van der Waals surface area contributed by atoms with Gasteiger partial charge in [-0.2, -0.15) is 5.26 Å². The second-order valence-corrected chi connectivity index (χ2v) is 4.88. The number of ether oxygens (including phenoxy) is 1. The number of carbonyl (C=O) groups excluding carboxylic acids is 1. The second-order valence-electron chi connectivity index (χ2n) is 3.77. The molecule has 94 valence electrons. The molecule has 2 aromatic carbocycles. The lowest BCUT2D eigenvalue weighted by Gasteiger charge is -2.06. The largest absolute Gasteiger partial charge is 0.497 e. The van der Waals surface area contributed by atoms with Crippen LogP contribution in [0.5, 0.6) is 5.75 Å². The number of hydrogen-bond donors (Lipinski definition) is 0. The highest BCUT2D eigenvalue weighted by Gasteiger charge is 2.06. The molecule has 4 heteroatoms. The van der Waals surface area contributed by atoms with E-state index in [1.165, 1.54) is 11.8 Å². The zero-order valence-electron chi connectivity index (χ0n) is 10.3. The topological polar surface area (TPSA) is 50.1 Å². The molecule has 0 bridgehead atoms. The maximum Gasteiger partial charge on any atom is 0.150 e. The Morgan fingerprint density at radius 1 is 1.26 bits per heavy atom. The van der Waals surface area contributed by atoms with Crippen molar-refractivity contribution >= 4 is 18.0 Å². The summed E-state index contributed by atoms with van der Waals surface area (Å²) in [4.78, 5) is 12.5. The first-order chi connectivity index (χ1) is 9.26. The van der Waals surface area contributed by atoms with Crippen molar-refractivity contribution in [3.63, 3.8) is 0 Å². The molecule has 0 aliphatic carbocycles. The monoisotopic (exact) mass is 269 g/mol. The van der Waals surface area contributed by atoms with Crippen LogP contribution in [0.25, 0.3) is 0 Å². The minimum atomic E-state index is 0.498. The summed E-state index contributed by atoms with van der Waals surface area (Å²) in [5, 5.41) is 9.11. The van der Waals surface area contributed by atoms with Crippen molar-refractivity contribution < 1.29 is 9.53 Å². The van der Waals surface area contributed by atoms with Gasteiger partial charge in [-0.3, -0.25) is 4.79 Å². The predicted molar refractivity (Wildman–Crippen MR) is 73.7 cm³/mol. The number of nitrogens with zero attached hydrogens (tertiary/aromatic N) is 1. The smallest absolute Gasteiger partial charge is 0.150 e. The van der Waals surface area contributed by atoms with Crippen LogP contribution < -0.4 is 4.74 Å². The summed E-state index contributed by atoms with van der Waals surface area (Å²) < 4.78 is 5.16. The van der Waals surface area contributed by atoms with Crippen LogP contribution in [0.4, 0.5) is 0 Å². The quantitative estimate of drug-likeness (QED) is 0.797. The average Bonchev–Trinajstić information content (AvgIpc) is 2.48. The van der Waals surface area contributed by atoms with Crippen molar-refractivity contribution in [3.05, 3.63) is 53.6 Å². The molecule has 2 aromatic rings. The summed E-state index contributed by atoms with van der Waals surface area (Å²) in [6.45, 7) is 0. The van der Waals surface area contributed by atoms with Gasteiger partial charge >= 0.3 is 0 Å². The molecule has 0 N–H and O–H groups in total. The number of benzene rings is 2.